The summed E-state index contributed by atoms with van der Waals surface area (Å²) < 4.78 is 41.4. The Kier molecular flexibility index (Phi) is 6.18. The van der Waals surface area contributed by atoms with E-state index in [0.717, 1.165) is 51.3 Å². The second-order valence-corrected chi connectivity index (χ2v) is 9.62. The van der Waals surface area contributed by atoms with Gasteiger partial charge in [-0.25, -0.2) is 12.8 Å². The molecule has 150 valence electrons. The fraction of sp³-hybridized carbons (Fsp3) is 0.632. The number of halogens is 1. The highest BCUT2D eigenvalue weighted by molar-refractivity contribution is 7.89. The molecule has 2 fully saturated rings. The highest BCUT2D eigenvalue weighted by atomic mass is 32.2. The molecule has 3 rings (SSSR count). The first kappa shape index (κ1) is 20.2. The zero-order valence-corrected chi connectivity index (χ0v) is 16.9. The van der Waals surface area contributed by atoms with Crippen molar-refractivity contribution in [2.24, 2.45) is 0 Å². The molecule has 0 spiro atoms. The summed E-state index contributed by atoms with van der Waals surface area (Å²) in [5, 5.41) is 0. The Morgan fingerprint density at radius 2 is 1.81 bits per heavy atom. The number of hydrogen-bond acceptors (Lipinski definition) is 3. The van der Waals surface area contributed by atoms with Crippen molar-refractivity contribution in [1.82, 2.24) is 9.21 Å². The maximum absolute atomic E-state index is 14.3. The van der Waals surface area contributed by atoms with E-state index in [0.29, 0.717) is 13.1 Å². The molecule has 1 aromatic rings. The van der Waals surface area contributed by atoms with E-state index in [9.17, 15) is 17.6 Å². The second kappa shape index (κ2) is 8.24. The summed E-state index contributed by atoms with van der Waals surface area (Å²) in [6.45, 7) is 2.80. The van der Waals surface area contributed by atoms with E-state index < -0.39 is 20.7 Å². The van der Waals surface area contributed by atoms with Crippen molar-refractivity contribution in [3.63, 3.8) is 0 Å². The van der Waals surface area contributed by atoms with Crippen molar-refractivity contribution in [3.8, 4) is 0 Å². The van der Waals surface area contributed by atoms with Crippen molar-refractivity contribution in [2.75, 3.05) is 40.3 Å². The summed E-state index contributed by atoms with van der Waals surface area (Å²) in [5.74, 6) is -1.06. The number of rotatable bonds is 4. The number of amides is 1. The van der Waals surface area contributed by atoms with Crippen LogP contribution in [0.5, 0.6) is 0 Å². The number of carbonyl (C=O) groups excluding carboxylic acids is 1. The third kappa shape index (κ3) is 4.33. The molecule has 0 radical (unpaired) electrons. The Bertz CT molecular complexity index is 785. The van der Waals surface area contributed by atoms with Crippen molar-refractivity contribution in [1.29, 1.82) is 0 Å². The largest absolute Gasteiger partial charge is 0.338 e. The fourth-order valence-corrected chi connectivity index (χ4v) is 5.54. The average molecular weight is 399 g/mol. The molecule has 1 aromatic carbocycles. The van der Waals surface area contributed by atoms with Gasteiger partial charge in [-0.3, -0.25) is 4.79 Å². The maximum Gasteiger partial charge on any atom is 0.253 e. The lowest BCUT2D eigenvalue weighted by Crippen LogP contribution is -3.10. The van der Waals surface area contributed by atoms with E-state index in [4.69, 9.17) is 0 Å². The Morgan fingerprint density at radius 3 is 2.44 bits per heavy atom. The van der Waals surface area contributed by atoms with Gasteiger partial charge < -0.3 is 9.80 Å². The quantitative estimate of drug-likeness (QED) is 0.814. The van der Waals surface area contributed by atoms with E-state index in [1.807, 2.05) is 0 Å². The molecular weight excluding hydrogens is 369 g/mol. The Hall–Kier alpha value is -1.51. The normalized spacial score (nSPS) is 24.6. The number of likely N-dealkylation sites (tertiary alicyclic amines) is 1. The smallest absolute Gasteiger partial charge is 0.253 e. The van der Waals surface area contributed by atoms with Crippen LogP contribution in [0.3, 0.4) is 0 Å². The zero-order valence-electron chi connectivity index (χ0n) is 16.1. The molecule has 8 heteroatoms. The minimum absolute atomic E-state index is 0.133. The van der Waals surface area contributed by atoms with Crippen molar-refractivity contribution in [3.05, 3.63) is 29.6 Å². The average Bonchev–Trinajstić information content (AvgIpc) is 2.68. The van der Waals surface area contributed by atoms with Gasteiger partial charge >= 0.3 is 0 Å². The lowest BCUT2D eigenvalue weighted by Gasteiger charge is -2.33. The number of hydrogen-bond donors (Lipinski definition) is 1. The Balaban J connectivity index is 1.83. The number of sulfonamides is 1. The minimum Gasteiger partial charge on any atom is -0.338 e. The number of piperidine rings is 2. The zero-order chi connectivity index (χ0) is 19.6. The molecule has 2 saturated heterocycles. The van der Waals surface area contributed by atoms with Crippen LogP contribution in [-0.2, 0) is 10.0 Å². The Labute approximate surface area is 161 Å². The van der Waals surface area contributed by atoms with Gasteiger partial charge in [-0.1, -0.05) is 6.42 Å². The van der Waals surface area contributed by atoms with Crippen LogP contribution in [0.25, 0.3) is 0 Å². The molecule has 0 aromatic heterocycles. The number of nitrogens with one attached hydrogen (secondary N) is 1. The molecule has 27 heavy (non-hydrogen) atoms. The summed E-state index contributed by atoms with van der Waals surface area (Å²) in [7, 11) is -0.0418. The molecule has 2 aliphatic rings. The third-order valence-corrected chi connectivity index (χ3v) is 7.70. The number of carbonyl (C=O) groups is 1. The summed E-state index contributed by atoms with van der Waals surface area (Å²) in [6, 6.07) is 3.81. The maximum atomic E-state index is 14.3. The van der Waals surface area contributed by atoms with Crippen LogP contribution in [0.4, 0.5) is 4.39 Å². The number of benzene rings is 1. The number of quaternary nitrogens is 1. The monoisotopic (exact) mass is 398 g/mol. The number of nitrogens with zero attached hydrogens (tertiary/aromatic N) is 2. The van der Waals surface area contributed by atoms with E-state index in [1.165, 1.54) is 21.3 Å². The third-order valence-electron chi connectivity index (χ3n) is 5.79. The predicted octanol–water partition coefficient (Wildman–Crippen LogP) is 0.749. The molecule has 0 atom stereocenters. The molecule has 1 amide bonds. The predicted molar refractivity (Wildman–Crippen MR) is 101 cm³/mol. The van der Waals surface area contributed by atoms with Crippen LogP contribution in [0, 0.1) is 5.82 Å². The van der Waals surface area contributed by atoms with Gasteiger partial charge in [0.1, 0.15) is 10.7 Å². The van der Waals surface area contributed by atoms with Gasteiger partial charge in [0.15, 0.2) is 0 Å². The van der Waals surface area contributed by atoms with Crippen molar-refractivity contribution >= 4 is 15.9 Å². The van der Waals surface area contributed by atoms with E-state index in [-0.39, 0.29) is 17.5 Å². The molecule has 0 unspecified atom stereocenters. The topological polar surface area (TPSA) is 62.1 Å². The highest BCUT2D eigenvalue weighted by Crippen LogP contribution is 2.25. The molecular formula is C19H29FN3O3S+. The van der Waals surface area contributed by atoms with Gasteiger partial charge in [-0.2, -0.15) is 4.31 Å². The first-order chi connectivity index (χ1) is 12.8. The molecule has 2 heterocycles. The minimum atomic E-state index is -3.92. The molecule has 1 N–H and O–H groups in total. The van der Waals surface area contributed by atoms with Gasteiger partial charge in [0, 0.05) is 44.6 Å². The van der Waals surface area contributed by atoms with Gasteiger partial charge in [0.25, 0.3) is 5.91 Å². The molecule has 0 bridgehead atoms. The van der Waals surface area contributed by atoms with Crippen LogP contribution in [0.15, 0.2) is 23.1 Å². The van der Waals surface area contributed by atoms with Gasteiger partial charge in [0.2, 0.25) is 10.0 Å². The van der Waals surface area contributed by atoms with Crippen LogP contribution in [0.2, 0.25) is 0 Å². The summed E-state index contributed by atoms with van der Waals surface area (Å²) >= 11 is 0. The van der Waals surface area contributed by atoms with Crippen molar-refractivity contribution < 1.29 is 22.5 Å². The van der Waals surface area contributed by atoms with E-state index >= 15 is 0 Å². The van der Waals surface area contributed by atoms with E-state index in [2.05, 4.69) is 7.05 Å². The van der Waals surface area contributed by atoms with Crippen LogP contribution in [0.1, 0.15) is 42.5 Å². The first-order valence-electron chi connectivity index (χ1n) is 9.69. The molecule has 2 aliphatic heterocycles. The summed E-state index contributed by atoms with van der Waals surface area (Å²) in [5.41, 5.74) is 0.223. The van der Waals surface area contributed by atoms with Crippen LogP contribution >= 0.6 is 0 Å². The second-order valence-electron chi connectivity index (χ2n) is 7.71. The van der Waals surface area contributed by atoms with Gasteiger partial charge in [-0.15, -0.1) is 0 Å². The SMILES string of the molecule is CN(C(=O)c1ccc(F)c(S(=O)(=O)N2CCCCC2)c1)C1CC[NH+](C)CC1. The lowest BCUT2D eigenvalue weighted by atomic mass is 10.0. The van der Waals surface area contributed by atoms with Gasteiger partial charge in [0.05, 0.1) is 20.1 Å². The van der Waals surface area contributed by atoms with Crippen molar-refractivity contribution in [2.45, 2.75) is 43.0 Å². The molecule has 6 nitrogen and oxygen atoms in total. The van der Waals surface area contributed by atoms with Gasteiger partial charge in [-0.05, 0) is 31.0 Å². The lowest BCUT2D eigenvalue weighted by molar-refractivity contribution is -0.885. The molecule has 0 aliphatic carbocycles. The summed E-state index contributed by atoms with van der Waals surface area (Å²) in [4.78, 5) is 15.6. The Morgan fingerprint density at radius 1 is 1.19 bits per heavy atom. The van der Waals surface area contributed by atoms with Crippen LogP contribution in [-0.4, -0.2) is 69.8 Å². The van der Waals surface area contributed by atoms with E-state index in [1.54, 1.807) is 11.9 Å². The highest BCUT2D eigenvalue weighted by Gasteiger charge is 2.31. The molecule has 0 saturated carbocycles. The first-order valence-corrected chi connectivity index (χ1v) is 11.1. The fourth-order valence-electron chi connectivity index (χ4n) is 3.93. The standard InChI is InChI=1S/C19H28FN3O3S/c1-21-12-8-16(9-13-21)22(2)19(24)15-6-7-17(20)18(14-15)27(25,26)23-10-4-3-5-11-23/h6-7,14,16H,3-5,8-13H2,1-2H3/p+1. The summed E-state index contributed by atoms with van der Waals surface area (Å²) in [6.07, 6.45) is 4.36. The van der Waals surface area contributed by atoms with Crippen LogP contribution < -0.4 is 4.90 Å².